The molecule has 5 rings (SSSR count). The lowest BCUT2D eigenvalue weighted by Gasteiger charge is -2.35. The number of carbonyl (C=O) groups excluding carboxylic acids is 2. The maximum atomic E-state index is 12.9. The maximum absolute atomic E-state index is 12.9. The topological polar surface area (TPSA) is 93.5 Å². The van der Waals surface area contributed by atoms with Gasteiger partial charge in [-0.2, -0.15) is 5.10 Å². The summed E-state index contributed by atoms with van der Waals surface area (Å²) in [6, 6.07) is 7.88. The number of aryl methyl sites for hydroxylation is 1. The molecule has 9 nitrogen and oxygen atoms in total. The summed E-state index contributed by atoms with van der Waals surface area (Å²) in [5.41, 5.74) is 4.83. The molecule has 1 saturated heterocycles. The van der Waals surface area contributed by atoms with Crippen LogP contribution in [-0.4, -0.2) is 74.1 Å². The fraction of sp³-hybridized carbons (Fsp3) is 0.375. The van der Waals surface area contributed by atoms with Crippen LogP contribution in [0.5, 0.6) is 0 Å². The molecule has 170 valence electrons. The van der Waals surface area contributed by atoms with Crippen LogP contribution in [0.3, 0.4) is 0 Å². The van der Waals surface area contributed by atoms with E-state index in [1.807, 2.05) is 30.0 Å². The highest BCUT2D eigenvalue weighted by molar-refractivity contribution is 5.93. The maximum Gasteiger partial charge on any atom is 0.338 e. The van der Waals surface area contributed by atoms with Crippen molar-refractivity contribution in [1.29, 1.82) is 0 Å². The Morgan fingerprint density at radius 1 is 1.15 bits per heavy atom. The minimum atomic E-state index is -0.227. The quantitative estimate of drug-likeness (QED) is 0.531. The van der Waals surface area contributed by atoms with E-state index in [-0.39, 0.29) is 11.9 Å². The highest BCUT2D eigenvalue weighted by Crippen LogP contribution is 2.21. The van der Waals surface area contributed by atoms with Gasteiger partial charge in [0.25, 0.3) is 0 Å². The average Bonchev–Trinajstić information content (AvgIpc) is 3.50. The van der Waals surface area contributed by atoms with Gasteiger partial charge in [-0.3, -0.25) is 9.69 Å². The molecule has 9 heteroatoms. The molecule has 33 heavy (non-hydrogen) atoms. The molecule has 2 aliphatic rings. The monoisotopic (exact) mass is 446 g/mol. The molecule has 2 aliphatic heterocycles. The third-order valence-electron chi connectivity index (χ3n) is 6.39. The number of hydrogen-bond donors (Lipinski definition) is 0. The Morgan fingerprint density at radius 2 is 2.00 bits per heavy atom. The number of esters is 1. The summed E-state index contributed by atoms with van der Waals surface area (Å²) in [5, 5.41) is 4.10. The van der Waals surface area contributed by atoms with Gasteiger partial charge in [-0.1, -0.05) is 12.1 Å². The number of pyridine rings is 1. The Balaban J connectivity index is 1.11. The molecule has 0 aliphatic carbocycles. The van der Waals surface area contributed by atoms with Crippen LogP contribution in [0, 0.1) is 6.92 Å². The molecular formula is C24H26N6O3. The number of hydrogen-bond acceptors (Lipinski definition) is 7. The van der Waals surface area contributed by atoms with Crippen molar-refractivity contribution in [1.82, 2.24) is 29.5 Å². The highest BCUT2D eigenvalue weighted by atomic mass is 16.5. The number of ether oxygens (including phenoxy) is 1. The normalized spacial score (nSPS) is 16.0. The van der Waals surface area contributed by atoms with Gasteiger partial charge in [0.1, 0.15) is 19.3 Å². The molecule has 1 amide bonds. The van der Waals surface area contributed by atoms with Crippen molar-refractivity contribution >= 4 is 11.9 Å². The van der Waals surface area contributed by atoms with E-state index in [0.29, 0.717) is 24.4 Å². The standard InChI is InChI=1S/C24H26N6O3/c1-17-10-22(30-16-25-15-27-30)26-13-19(17)12-23(31)29-8-6-28(7-9-29)5-4-18-2-3-21-20(11-18)14-33-24(21)32/h2-3,10-11,13,15-16H,4-9,12,14H2,1H3. The molecule has 0 atom stereocenters. The van der Waals surface area contributed by atoms with Crippen molar-refractivity contribution in [2.45, 2.75) is 26.4 Å². The van der Waals surface area contributed by atoms with Crippen LogP contribution in [0.2, 0.25) is 0 Å². The smallest absolute Gasteiger partial charge is 0.338 e. The Hall–Kier alpha value is -3.59. The van der Waals surface area contributed by atoms with E-state index < -0.39 is 0 Å². The summed E-state index contributed by atoms with van der Waals surface area (Å²) in [5.74, 6) is 0.600. The van der Waals surface area contributed by atoms with Crippen LogP contribution in [0.1, 0.15) is 32.6 Å². The first kappa shape index (κ1) is 21.3. The molecule has 0 bridgehead atoms. The second kappa shape index (κ2) is 9.11. The molecule has 0 N–H and O–H groups in total. The van der Waals surface area contributed by atoms with Gasteiger partial charge >= 0.3 is 5.97 Å². The molecule has 0 unspecified atom stereocenters. The zero-order chi connectivity index (χ0) is 22.8. The minimum Gasteiger partial charge on any atom is -0.457 e. The number of aromatic nitrogens is 4. The number of benzene rings is 1. The molecule has 0 saturated carbocycles. The van der Waals surface area contributed by atoms with Gasteiger partial charge in [-0.05, 0) is 42.2 Å². The van der Waals surface area contributed by atoms with Gasteiger partial charge in [0.05, 0.1) is 12.0 Å². The first-order chi connectivity index (χ1) is 16.1. The summed E-state index contributed by atoms with van der Waals surface area (Å²) >= 11 is 0. The fourth-order valence-corrected chi connectivity index (χ4v) is 4.33. The van der Waals surface area contributed by atoms with E-state index in [4.69, 9.17) is 4.74 Å². The molecule has 2 aromatic heterocycles. The number of fused-ring (bicyclic) bond motifs is 1. The molecule has 4 heterocycles. The molecule has 1 fully saturated rings. The van der Waals surface area contributed by atoms with Crippen LogP contribution >= 0.6 is 0 Å². The number of rotatable bonds is 6. The molecule has 3 aromatic rings. The lowest BCUT2D eigenvalue weighted by atomic mass is 10.0. The summed E-state index contributed by atoms with van der Waals surface area (Å²) in [6.07, 6.45) is 6.10. The van der Waals surface area contributed by atoms with Crippen LogP contribution in [-0.2, 0) is 29.0 Å². The molecule has 0 spiro atoms. The van der Waals surface area contributed by atoms with E-state index in [9.17, 15) is 9.59 Å². The second-order valence-corrected chi connectivity index (χ2v) is 8.53. The molecule has 0 radical (unpaired) electrons. The van der Waals surface area contributed by atoms with Crippen molar-refractivity contribution in [3.8, 4) is 5.82 Å². The van der Waals surface area contributed by atoms with Gasteiger partial charge in [0, 0.05) is 44.5 Å². The van der Waals surface area contributed by atoms with Gasteiger partial charge < -0.3 is 9.64 Å². The summed E-state index contributed by atoms with van der Waals surface area (Å²) in [6.45, 7) is 6.48. The zero-order valence-electron chi connectivity index (χ0n) is 18.6. The van der Waals surface area contributed by atoms with E-state index in [2.05, 4.69) is 26.0 Å². The summed E-state index contributed by atoms with van der Waals surface area (Å²) in [4.78, 5) is 37.2. The third kappa shape index (κ3) is 4.63. The molecule has 1 aromatic carbocycles. The van der Waals surface area contributed by atoms with E-state index in [1.165, 1.54) is 11.9 Å². The van der Waals surface area contributed by atoms with Gasteiger partial charge in [0.2, 0.25) is 5.91 Å². The lowest BCUT2D eigenvalue weighted by Crippen LogP contribution is -2.49. The van der Waals surface area contributed by atoms with Gasteiger partial charge in [-0.25, -0.2) is 19.4 Å². The fourth-order valence-electron chi connectivity index (χ4n) is 4.33. The largest absolute Gasteiger partial charge is 0.457 e. The second-order valence-electron chi connectivity index (χ2n) is 8.53. The first-order valence-corrected chi connectivity index (χ1v) is 11.2. The summed E-state index contributed by atoms with van der Waals surface area (Å²) in [7, 11) is 0. The van der Waals surface area contributed by atoms with Crippen LogP contribution in [0.15, 0.2) is 43.1 Å². The lowest BCUT2D eigenvalue weighted by molar-refractivity contribution is -0.132. The average molecular weight is 447 g/mol. The molecular weight excluding hydrogens is 420 g/mol. The zero-order valence-corrected chi connectivity index (χ0v) is 18.6. The van der Waals surface area contributed by atoms with Crippen molar-refractivity contribution in [3.05, 3.63) is 70.9 Å². The van der Waals surface area contributed by atoms with Gasteiger partial charge in [-0.15, -0.1) is 0 Å². The van der Waals surface area contributed by atoms with Crippen molar-refractivity contribution in [3.63, 3.8) is 0 Å². The minimum absolute atomic E-state index is 0.136. The van der Waals surface area contributed by atoms with E-state index in [1.54, 1.807) is 17.2 Å². The first-order valence-electron chi connectivity index (χ1n) is 11.2. The van der Waals surface area contributed by atoms with Crippen molar-refractivity contribution in [2.75, 3.05) is 32.7 Å². The Kier molecular flexibility index (Phi) is 5.87. The van der Waals surface area contributed by atoms with Gasteiger partial charge in [0.15, 0.2) is 5.82 Å². The SMILES string of the molecule is Cc1cc(-n2cncn2)ncc1CC(=O)N1CCN(CCc2ccc3c(c2)COC3=O)CC1. The number of piperazine rings is 1. The predicted molar refractivity (Wildman–Crippen MR) is 120 cm³/mol. The number of nitrogens with zero attached hydrogens (tertiary/aromatic N) is 6. The van der Waals surface area contributed by atoms with Crippen LogP contribution in [0.4, 0.5) is 0 Å². The number of amides is 1. The summed E-state index contributed by atoms with van der Waals surface area (Å²) < 4.78 is 6.69. The van der Waals surface area contributed by atoms with Crippen LogP contribution < -0.4 is 0 Å². The van der Waals surface area contributed by atoms with E-state index >= 15 is 0 Å². The highest BCUT2D eigenvalue weighted by Gasteiger charge is 2.23. The van der Waals surface area contributed by atoms with Crippen molar-refractivity contribution in [2.24, 2.45) is 0 Å². The number of cyclic esters (lactones) is 1. The Bertz CT molecular complexity index is 1170. The van der Waals surface area contributed by atoms with Crippen LogP contribution in [0.25, 0.3) is 5.82 Å². The third-order valence-corrected chi connectivity index (χ3v) is 6.39. The predicted octanol–water partition coefficient (Wildman–Crippen LogP) is 1.57. The Labute approximate surface area is 192 Å². The number of carbonyl (C=O) groups is 2. The Morgan fingerprint density at radius 3 is 2.76 bits per heavy atom. The van der Waals surface area contributed by atoms with E-state index in [0.717, 1.165) is 55.8 Å². The van der Waals surface area contributed by atoms with Crippen molar-refractivity contribution < 1.29 is 14.3 Å².